The van der Waals surface area contributed by atoms with Gasteiger partial charge in [-0.05, 0) is 48.6 Å². The van der Waals surface area contributed by atoms with E-state index in [4.69, 9.17) is 4.74 Å². The number of fused-ring (bicyclic) bond motifs is 1. The van der Waals surface area contributed by atoms with Crippen molar-refractivity contribution in [3.63, 3.8) is 0 Å². The maximum absolute atomic E-state index is 12.5. The van der Waals surface area contributed by atoms with Crippen LogP contribution >= 0.6 is 0 Å². The minimum absolute atomic E-state index is 0.0704. The molecule has 2 heterocycles. The molecule has 0 radical (unpaired) electrons. The van der Waals surface area contributed by atoms with Crippen molar-refractivity contribution in [2.45, 2.75) is 25.8 Å². The highest BCUT2D eigenvalue weighted by Crippen LogP contribution is 2.27. The summed E-state index contributed by atoms with van der Waals surface area (Å²) in [6.07, 6.45) is 3.28. The molecular formula is C21H24N2O2. The molecule has 0 unspecified atom stereocenters. The van der Waals surface area contributed by atoms with E-state index in [2.05, 4.69) is 34.5 Å². The first-order valence-corrected chi connectivity index (χ1v) is 9.12. The van der Waals surface area contributed by atoms with Crippen molar-refractivity contribution in [2.24, 2.45) is 5.92 Å². The van der Waals surface area contributed by atoms with Gasteiger partial charge in [0, 0.05) is 25.3 Å². The van der Waals surface area contributed by atoms with Gasteiger partial charge in [-0.15, -0.1) is 0 Å². The third-order valence-corrected chi connectivity index (χ3v) is 5.10. The molecule has 4 nitrogen and oxygen atoms in total. The Labute approximate surface area is 148 Å². The number of anilines is 1. The molecule has 4 rings (SSSR count). The Morgan fingerprint density at radius 3 is 2.84 bits per heavy atom. The van der Waals surface area contributed by atoms with Crippen LogP contribution < -0.4 is 15.0 Å². The molecule has 25 heavy (non-hydrogen) atoms. The first-order valence-electron chi connectivity index (χ1n) is 9.12. The van der Waals surface area contributed by atoms with Crippen molar-refractivity contribution in [3.05, 3.63) is 59.7 Å². The highest BCUT2D eigenvalue weighted by Gasteiger charge is 2.25. The van der Waals surface area contributed by atoms with Crippen LogP contribution in [0, 0.1) is 5.92 Å². The van der Waals surface area contributed by atoms with Crippen LogP contribution in [-0.2, 0) is 17.8 Å². The lowest BCUT2D eigenvalue weighted by Crippen LogP contribution is -2.37. The summed E-state index contributed by atoms with van der Waals surface area (Å²) in [5.74, 6) is 0.864. The van der Waals surface area contributed by atoms with E-state index in [9.17, 15) is 4.79 Å². The first-order chi connectivity index (χ1) is 12.3. The van der Waals surface area contributed by atoms with Crippen molar-refractivity contribution >= 4 is 11.6 Å². The second-order valence-electron chi connectivity index (χ2n) is 6.90. The van der Waals surface area contributed by atoms with Crippen molar-refractivity contribution in [1.29, 1.82) is 0 Å². The zero-order valence-corrected chi connectivity index (χ0v) is 14.4. The van der Waals surface area contributed by atoms with Crippen LogP contribution in [0.25, 0.3) is 0 Å². The normalized spacial score (nSPS) is 19.2. The smallest absolute Gasteiger partial charge is 0.227 e. The summed E-state index contributed by atoms with van der Waals surface area (Å²) < 4.78 is 5.73. The van der Waals surface area contributed by atoms with E-state index in [-0.39, 0.29) is 11.8 Å². The molecule has 0 aliphatic carbocycles. The molecule has 0 saturated carbocycles. The quantitative estimate of drug-likeness (QED) is 0.932. The Balaban J connectivity index is 1.35. The highest BCUT2D eigenvalue weighted by molar-refractivity contribution is 5.79. The number of hydrogen-bond acceptors (Lipinski definition) is 3. The molecule has 1 saturated heterocycles. The summed E-state index contributed by atoms with van der Waals surface area (Å²) in [4.78, 5) is 14.9. The Bertz CT molecular complexity index is 753. The standard InChI is InChI=1S/C21H24N2O2/c24-21(18-13-17-7-1-2-9-20(17)25-15-18)22-14-16-6-5-8-19(12-16)23-10-3-4-11-23/h1-2,5-9,12,18H,3-4,10-11,13-15H2,(H,22,24)/t18-/m0/s1. The second-order valence-corrected chi connectivity index (χ2v) is 6.90. The predicted octanol–water partition coefficient (Wildman–Crippen LogP) is 3.15. The van der Waals surface area contributed by atoms with Gasteiger partial charge in [0.1, 0.15) is 12.4 Å². The fraction of sp³-hybridized carbons (Fsp3) is 0.381. The zero-order valence-electron chi connectivity index (χ0n) is 14.4. The largest absolute Gasteiger partial charge is 0.492 e. The van der Waals surface area contributed by atoms with E-state index in [1.165, 1.54) is 18.5 Å². The number of benzene rings is 2. The van der Waals surface area contributed by atoms with Gasteiger partial charge in [-0.1, -0.05) is 30.3 Å². The lowest BCUT2D eigenvalue weighted by atomic mass is 9.96. The number of ether oxygens (including phenoxy) is 1. The molecule has 130 valence electrons. The first kappa shape index (κ1) is 16.0. The Kier molecular flexibility index (Phi) is 4.59. The van der Waals surface area contributed by atoms with Crippen LogP contribution in [0.15, 0.2) is 48.5 Å². The molecular weight excluding hydrogens is 312 g/mol. The van der Waals surface area contributed by atoms with Gasteiger partial charge in [0.05, 0.1) is 5.92 Å². The molecule has 1 fully saturated rings. The van der Waals surface area contributed by atoms with Gasteiger partial charge in [0.2, 0.25) is 5.91 Å². The molecule has 0 bridgehead atoms. The van der Waals surface area contributed by atoms with Gasteiger partial charge >= 0.3 is 0 Å². The second kappa shape index (κ2) is 7.18. The summed E-state index contributed by atoms with van der Waals surface area (Å²) in [6.45, 7) is 3.29. The zero-order chi connectivity index (χ0) is 17.1. The minimum atomic E-state index is -0.114. The molecule has 2 aliphatic heterocycles. The number of para-hydroxylation sites is 1. The molecule has 1 N–H and O–H groups in total. The average molecular weight is 336 g/mol. The summed E-state index contributed by atoms with van der Waals surface area (Å²) in [5.41, 5.74) is 3.53. The number of nitrogens with zero attached hydrogens (tertiary/aromatic N) is 1. The van der Waals surface area contributed by atoms with E-state index < -0.39 is 0 Å². The van der Waals surface area contributed by atoms with E-state index in [1.54, 1.807) is 0 Å². The minimum Gasteiger partial charge on any atom is -0.492 e. The van der Waals surface area contributed by atoms with Gasteiger partial charge < -0.3 is 15.0 Å². The third kappa shape index (κ3) is 3.63. The van der Waals surface area contributed by atoms with Gasteiger partial charge in [0.15, 0.2) is 0 Å². The van der Waals surface area contributed by atoms with Gasteiger partial charge in [0.25, 0.3) is 0 Å². The summed E-state index contributed by atoms with van der Waals surface area (Å²) >= 11 is 0. The highest BCUT2D eigenvalue weighted by atomic mass is 16.5. The molecule has 0 spiro atoms. The molecule has 2 aliphatic rings. The topological polar surface area (TPSA) is 41.6 Å². The lowest BCUT2D eigenvalue weighted by Gasteiger charge is -2.24. The van der Waals surface area contributed by atoms with Crippen LogP contribution in [0.4, 0.5) is 5.69 Å². The number of carbonyl (C=O) groups is 1. The van der Waals surface area contributed by atoms with Crippen molar-refractivity contribution in [2.75, 3.05) is 24.6 Å². The maximum atomic E-state index is 12.5. The van der Waals surface area contributed by atoms with Gasteiger partial charge in [-0.2, -0.15) is 0 Å². The molecule has 2 aromatic carbocycles. The number of nitrogens with one attached hydrogen (secondary N) is 1. The summed E-state index contributed by atoms with van der Waals surface area (Å²) in [5, 5.41) is 3.08. The number of amides is 1. The van der Waals surface area contributed by atoms with Crippen LogP contribution in [0.1, 0.15) is 24.0 Å². The SMILES string of the molecule is O=C(NCc1cccc(N2CCCC2)c1)[C@@H]1COc2ccccc2C1. The fourth-order valence-corrected chi connectivity index (χ4v) is 3.67. The van der Waals surface area contributed by atoms with E-state index in [1.807, 2.05) is 24.3 Å². The van der Waals surface area contributed by atoms with Crippen LogP contribution in [-0.4, -0.2) is 25.6 Å². The van der Waals surface area contributed by atoms with Crippen LogP contribution in [0.2, 0.25) is 0 Å². The Hall–Kier alpha value is -2.49. The monoisotopic (exact) mass is 336 g/mol. The Morgan fingerprint density at radius 1 is 1.12 bits per heavy atom. The fourth-order valence-electron chi connectivity index (χ4n) is 3.67. The van der Waals surface area contributed by atoms with Crippen molar-refractivity contribution < 1.29 is 9.53 Å². The molecule has 1 amide bonds. The number of hydrogen-bond donors (Lipinski definition) is 1. The van der Waals surface area contributed by atoms with E-state index in [0.717, 1.165) is 36.4 Å². The third-order valence-electron chi connectivity index (χ3n) is 5.10. The lowest BCUT2D eigenvalue weighted by molar-refractivity contribution is -0.126. The summed E-state index contributed by atoms with van der Waals surface area (Å²) in [7, 11) is 0. The average Bonchev–Trinajstić information content (AvgIpc) is 3.21. The van der Waals surface area contributed by atoms with Gasteiger partial charge in [-0.3, -0.25) is 4.79 Å². The van der Waals surface area contributed by atoms with E-state index >= 15 is 0 Å². The Morgan fingerprint density at radius 2 is 1.96 bits per heavy atom. The molecule has 1 atom stereocenters. The predicted molar refractivity (Wildman–Crippen MR) is 98.9 cm³/mol. The summed E-state index contributed by atoms with van der Waals surface area (Å²) in [6, 6.07) is 16.5. The van der Waals surface area contributed by atoms with Crippen LogP contribution in [0.3, 0.4) is 0 Å². The van der Waals surface area contributed by atoms with E-state index in [0.29, 0.717) is 13.2 Å². The van der Waals surface area contributed by atoms with Gasteiger partial charge in [-0.25, -0.2) is 0 Å². The number of rotatable bonds is 4. The maximum Gasteiger partial charge on any atom is 0.227 e. The van der Waals surface area contributed by atoms with Crippen molar-refractivity contribution in [3.8, 4) is 5.75 Å². The van der Waals surface area contributed by atoms with Crippen LogP contribution in [0.5, 0.6) is 5.75 Å². The molecule has 0 aromatic heterocycles. The van der Waals surface area contributed by atoms with Crippen molar-refractivity contribution in [1.82, 2.24) is 5.32 Å². The number of carbonyl (C=O) groups excluding carboxylic acids is 1. The molecule has 4 heteroatoms. The molecule has 2 aromatic rings.